The highest BCUT2D eigenvalue weighted by atomic mass is 32.2. The summed E-state index contributed by atoms with van der Waals surface area (Å²) in [6, 6.07) is 23.7. The van der Waals surface area contributed by atoms with E-state index in [1.807, 2.05) is 0 Å². The maximum absolute atomic E-state index is 12.6. The van der Waals surface area contributed by atoms with Gasteiger partial charge in [0.2, 0.25) is 0 Å². The van der Waals surface area contributed by atoms with Crippen LogP contribution in [0.2, 0.25) is 0 Å². The molecule has 0 aliphatic heterocycles. The summed E-state index contributed by atoms with van der Waals surface area (Å²) in [6.07, 6.45) is 0. The van der Waals surface area contributed by atoms with Crippen LogP contribution < -0.4 is 16.4 Å². The molecule has 0 aromatic heterocycles. The third kappa shape index (κ3) is 11.2. The van der Waals surface area contributed by atoms with Gasteiger partial charge >= 0.3 is 0 Å². The molecule has 0 radical (unpaired) electrons. The van der Waals surface area contributed by atoms with E-state index in [1.54, 1.807) is 54.6 Å². The number of phenols is 2. The number of nitrogen functional groups attached to an aromatic ring is 1. The number of fused-ring (bicyclic) bond motifs is 1. The standard InChI is InChI=1S/C40H40N10O11S3/c1-3-50(4-2)19-18-42-32-23-29(51)15-17-30(32)47-44-27-12-10-25(11-13-27)43-31-16-14-28(22-33(31)62(53,54)55)46-48-38-34(63(56,57)58)20-24-21-35(64(59,60)61)39(40(52)36(24)37(38)41)49-45-26-8-6-5-7-9-26/h5-17,20-23,42-43,51-52H,3-4,18-19,41H2,1-2H3,(H,53,54,55)(H,56,57,58)(H,59,60,61). The molecule has 6 rings (SSSR count). The molecule has 0 bridgehead atoms. The molecular formula is C40H40N10O11S3. The number of rotatable bonds is 17. The number of anilines is 4. The van der Waals surface area contributed by atoms with Gasteiger partial charge in [-0.1, -0.05) is 32.0 Å². The molecule has 0 fully saturated rings. The molecule has 21 nitrogen and oxygen atoms in total. The number of benzene rings is 6. The Kier molecular flexibility index (Phi) is 14.0. The third-order valence-electron chi connectivity index (χ3n) is 9.44. The van der Waals surface area contributed by atoms with E-state index < -0.39 is 78.6 Å². The zero-order valence-electron chi connectivity index (χ0n) is 33.8. The molecule has 64 heavy (non-hydrogen) atoms. The zero-order chi connectivity index (χ0) is 46.4. The first-order chi connectivity index (χ1) is 30.3. The van der Waals surface area contributed by atoms with Crippen LogP contribution in [0.4, 0.5) is 56.9 Å². The number of hydrogen-bond acceptors (Lipinski definition) is 18. The summed E-state index contributed by atoms with van der Waals surface area (Å²) in [5.41, 5.74) is 5.79. The number of nitrogens with one attached hydrogen (secondary N) is 2. The van der Waals surface area contributed by atoms with Gasteiger partial charge < -0.3 is 31.5 Å². The lowest BCUT2D eigenvalue weighted by Gasteiger charge is -2.18. The smallest absolute Gasteiger partial charge is 0.296 e. The molecule has 0 amide bonds. The molecule has 0 aliphatic rings. The fourth-order valence-electron chi connectivity index (χ4n) is 6.22. The summed E-state index contributed by atoms with van der Waals surface area (Å²) in [4.78, 5) is -0.426. The summed E-state index contributed by atoms with van der Waals surface area (Å²) in [5, 5.41) is 50.7. The second kappa shape index (κ2) is 19.2. The lowest BCUT2D eigenvalue weighted by Crippen LogP contribution is -2.28. The van der Waals surface area contributed by atoms with Gasteiger partial charge in [-0.05, 0) is 97.3 Å². The second-order valence-corrected chi connectivity index (χ2v) is 17.8. The van der Waals surface area contributed by atoms with Gasteiger partial charge in [-0.2, -0.15) is 40.6 Å². The van der Waals surface area contributed by atoms with Crippen LogP contribution in [0, 0.1) is 0 Å². The number of nitrogens with zero attached hydrogens (tertiary/aromatic N) is 7. The second-order valence-electron chi connectivity index (χ2n) is 13.7. The molecule has 6 aromatic carbocycles. The van der Waals surface area contributed by atoms with Crippen LogP contribution in [0.15, 0.2) is 149 Å². The van der Waals surface area contributed by atoms with E-state index >= 15 is 0 Å². The van der Waals surface area contributed by atoms with Crippen LogP contribution in [0.5, 0.6) is 11.5 Å². The Morgan fingerprint density at radius 1 is 0.594 bits per heavy atom. The fourth-order valence-corrected chi connectivity index (χ4v) is 8.22. The van der Waals surface area contributed by atoms with Gasteiger partial charge in [-0.25, -0.2) is 0 Å². The van der Waals surface area contributed by atoms with E-state index in [9.17, 15) is 49.1 Å². The highest BCUT2D eigenvalue weighted by Gasteiger charge is 2.28. The van der Waals surface area contributed by atoms with Crippen molar-refractivity contribution in [2.45, 2.75) is 28.5 Å². The minimum Gasteiger partial charge on any atom is -0.508 e. The predicted molar refractivity (Wildman–Crippen MR) is 239 cm³/mol. The van der Waals surface area contributed by atoms with E-state index in [4.69, 9.17) is 5.73 Å². The Hall–Kier alpha value is -6.93. The van der Waals surface area contributed by atoms with Crippen LogP contribution in [0.1, 0.15) is 13.8 Å². The van der Waals surface area contributed by atoms with Gasteiger partial charge in [0.1, 0.15) is 37.5 Å². The topological polar surface area (TPSA) is 331 Å². The molecule has 9 N–H and O–H groups in total. The van der Waals surface area contributed by atoms with Crippen molar-refractivity contribution in [1.29, 1.82) is 0 Å². The Morgan fingerprint density at radius 2 is 1.16 bits per heavy atom. The summed E-state index contributed by atoms with van der Waals surface area (Å²) in [7, 11) is -15.3. The Balaban J connectivity index is 1.30. The molecule has 0 aliphatic carbocycles. The Morgan fingerprint density at radius 3 is 1.78 bits per heavy atom. The van der Waals surface area contributed by atoms with Gasteiger partial charge in [0.05, 0.1) is 39.5 Å². The van der Waals surface area contributed by atoms with Crippen molar-refractivity contribution in [1.82, 2.24) is 4.90 Å². The molecule has 0 atom stereocenters. The fraction of sp³-hybridized carbons (Fsp3) is 0.150. The lowest BCUT2D eigenvalue weighted by molar-refractivity contribution is 0.316. The summed E-state index contributed by atoms with van der Waals surface area (Å²) < 4.78 is 105. The molecule has 0 saturated carbocycles. The SMILES string of the molecule is CCN(CC)CCNc1cc(O)ccc1N=Nc1ccc(Nc2ccc(N=Nc3c(S(=O)(=O)O)cc4cc(S(=O)(=O)O)c(N=Nc5ccccc5)c(O)c4c3N)cc2S(=O)(=O)O)cc1. The van der Waals surface area contributed by atoms with E-state index in [2.05, 4.69) is 60.1 Å². The first-order valence-corrected chi connectivity index (χ1v) is 23.2. The van der Waals surface area contributed by atoms with E-state index in [0.717, 1.165) is 31.8 Å². The zero-order valence-corrected chi connectivity index (χ0v) is 36.2. The minimum atomic E-state index is -5.22. The summed E-state index contributed by atoms with van der Waals surface area (Å²) in [5.74, 6) is -0.914. The molecule has 0 spiro atoms. The van der Waals surface area contributed by atoms with E-state index in [1.165, 1.54) is 30.3 Å². The van der Waals surface area contributed by atoms with E-state index in [0.29, 0.717) is 35.4 Å². The maximum atomic E-state index is 12.6. The van der Waals surface area contributed by atoms with Gasteiger partial charge in [-0.15, -0.1) is 15.3 Å². The Bertz CT molecular complexity index is 3150. The average Bonchev–Trinajstić information content (AvgIpc) is 3.24. The monoisotopic (exact) mass is 932 g/mol. The number of aromatic hydroxyl groups is 2. The number of hydrogen-bond donors (Lipinski definition) is 8. The van der Waals surface area contributed by atoms with Crippen molar-refractivity contribution in [3.8, 4) is 11.5 Å². The quantitative estimate of drug-likeness (QED) is 0.0240. The number of nitrogens with two attached hydrogens (primary N) is 1. The van der Waals surface area contributed by atoms with Crippen LogP contribution >= 0.6 is 0 Å². The minimum absolute atomic E-state index is 0.0568. The average molecular weight is 933 g/mol. The molecule has 0 saturated heterocycles. The highest BCUT2D eigenvalue weighted by molar-refractivity contribution is 7.86. The van der Waals surface area contributed by atoms with Crippen molar-refractivity contribution < 1.29 is 49.1 Å². The number of phenolic OH excluding ortho intramolecular Hbond substituents is 2. The number of likely N-dealkylation sites (N-methyl/N-ethyl adjacent to an activating group) is 1. The molecule has 24 heteroatoms. The van der Waals surface area contributed by atoms with E-state index in [-0.39, 0.29) is 22.8 Å². The van der Waals surface area contributed by atoms with Gasteiger partial charge in [-0.3, -0.25) is 13.7 Å². The Labute approximate surface area is 367 Å². The van der Waals surface area contributed by atoms with Crippen molar-refractivity contribution >= 4 is 98.0 Å². The van der Waals surface area contributed by atoms with Gasteiger partial charge in [0.25, 0.3) is 30.4 Å². The molecule has 334 valence electrons. The van der Waals surface area contributed by atoms with Crippen LogP contribution in [0.3, 0.4) is 0 Å². The normalized spacial score (nSPS) is 12.6. The molecule has 6 aromatic rings. The first-order valence-electron chi connectivity index (χ1n) is 18.9. The van der Waals surface area contributed by atoms with Crippen molar-refractivity contribution in [3.05, 3.63) is 103 Å². The summed E-state index contributed by atoms with van der Waals surface area (Å²) in [6.45, 7) is 7.32. The maximum Gasteiger partial charge on any atom is 0.296 e. The lowest BCUT2D eigenvalue weighted by atomic mass is 10.1. The van der Waals surface area contributed by atoms with Crippen molar-refractivity contribution in [2.24, 2.45) is 30.7 Å². The largest absolute Gasteiger partial charge is 0.508 e. The third-order valence-corrected chi connectivity index (χ3v) is 12.1. The molecule has 0 unspecified atom stereocenters. The first kappa shape index (κ1) is 46.6. The molecule has 0 heterocycles. The summed E-state index contributed by atoms with van der Waals surface area (Å²) >= 11 is 0. The molecular weight excluding hydrogens is 893 g/mol. The van der Waals surface area contributed by atoms with Crippen molar-refractivity contribution in [3.63, 3.8) is 0 Å². The van der Waals surface area contributed by atoms with Crippen LogP contribution in [-0.4, -0.2) is 80.2 Å². The highest BCUT2D eigenvalue weighted by Crippen LogP contribution is 2.48. The van der Waals surface area contributed by atoms with Crippen LogP contribution in [0.25, 0.3) is 10.8 Å². The van der Waals surface area contributed by atoms with Crippen molar-refractivity contribution in [2.75, 3.05) is 42.5 Å². The number of azo groups is 3. The van der Waals surface area contributed by atoms with Gasteiger partial charge in [0.15, 0.2) is 5.75 Å². The van der Waals surface area contributed by atoms with Crippen LogP contribution in [-0.2, 0) is 30.4 Å². The predicted octanol–water partition coefficient (Wildman–Crippen LogP) is 9.32. The van der Waals surface area contributed by atoms with Gasteiger partial charge in [0, 0.05) is 24.8 Å².